The predicted octanol–water partition coefficient (Wildman–Crippen LogP) is 4.38. The second-order valence-electron chi connectivity index (χ2n) is 9.99. The number of aromatic nitrogens is 3. The molecule has 0 bridgehead atoms. The second-order valence-corrected chi connectivity index (χ2v) is 9.99. The Hall–Kier alpha value is -3.86. The number of carbonyl (C=O) groups is 2. The number of hydrogen-bond donors (Lipinski definition) is 2. The Labute approximate surface area is 242 Å². The minimum atomic E-state index is -0.563. The number of benzene rings is 1. The number of nitrogens with zero attached hydrogens (tertiary/aromatic N) is 4. The molecule has 0 fully saturated rings. The van der Waals surface area contributed by atoms with Crippen LogP contribution in [-0.4, -0.2) is 71.5 Å². The molecular weight excluding hydrogens is 524 g/mol. The van der Waals surface area contributed by atoms with Crippen molar-refractivity contribution in [3.05, 3.63) is 41.6 Å². The number of nitrogens with two attached hydrogens (primary N) is 1. The van der Waals surface area contributed by atoms with Crippen molar-refractivity contribution >= 4 is 34.7 Å². The molecule has 0 aliphatic rings. The SMILES string of the molecule is CCCCCNc1nc(N)nc2ccn(Cc3ccc(CC(=O)OCC(=O)OCN(CCC)CCC)cc3OC)c12. The predicted molar refractivity (Wildman–Crippen MR) is 160 cm³/mol. The number of hydrogen-bond acceptors (Lipinski definition) is 10. The first kappa shape index (κ1) is 31.7. The standard InChI is InChI=1S/C30H44N6O5/c1-5-8-9-13-32-29-28-24(33-30(31)34-29)12-16-36(28)19-23-11-10-22(17-25(23)39-4)18-26(37)40-20-27(38)41-21-35(14-6-2)15-7-3/h10-12,16-17H,5-9,13-15,18-21H2,1-4H3,(H3,31,32,33,34). The summed E-state index contributed by atoms with van der Waals surface area (Å²) in [4.78, 5) is 35.4. The van der Waals surface area contributed by atoms with Crippen molar-refractivity contribution in [2.24, 2.45) is 0 Å². The molecule has 0 spiro atoms. The molecule has 0 saturated carbocycles. The van der Waals surface area contributed by atoms with Crippen molar-refractivity contribution in [1.82, 2.24) is 19.4 Å². The van der Waals surface area contributed by atoms with Gasteiger partial charge in [0.2, 0.25) is 5.95 Å². The molecule has 0 radical (unpaired) electrons. The minimum absolute atomic E-state index is 0.00705. The van der Waals surface area contributed by atoms with Crippen LogP contribution in [0.4, 0.5) is 11.8 Å². The molecule has 2 heterocycles. The van der Waals surface area contributed by atoms with Crippen molar-refractivity contribution in [3.8, 4) is 5.75 Å². The first-order valence-corrected chi connectivity index (χ1v) is 14.4. The zero-order chi connectivity index (χ0) is 29.6. The lowest BCUT2D eigenvalue weighted by Gasteiger charge is -2.20. The van der Waals surface area contributed by atoms with Crippen LogP contribution in [0.15, 0.2) is 30.5 Å². The fourth-order valence-electron chi connectivity index (χ4n) is 4.61. The van der Waals surface area contributed by atoms with E-state index in [1.807, 2.05) is 30.5 Å². The van der Waals surface area contributed by atoms with Crippen molar-refractivity contribution in [2.45, 2.75) is 65.8 Å². The Bertz CT molecular complexity index is 1270. The fourth-order valence-corrected chi connectivity index (χ4v) is 4.61. The van der Waals surface area contributed by atoms with Crippen LogP contribution in [0.1, 0.15) is 64.0 Å². The van der Waals surface area contributed by atoms with Crippen LogP contribution in [-0.2, 0) is 32.0 Å². The molecule has 0 unspecified atom stereocenters. The number of fused-ring (bicyclic) bond motifs is 1. The molecule has 0 aliphatic heterocycles. The Balaban J connectivity index is 1.61. The van der Waals surface area contributed by atoms with Gasteiger partial charge in [-0.05, 0) is 37.0 Å². The smallest absolute Gasteiger partial charge is 0.345 e. The van der Waals surface area contributed by atoms with Gasteiger partial charge in [0.25, 0.3) is 0 Å². The lowest BCUT2D eigenvalue weighted by atomic mass is 10.1. The van der Waals surface area contributed by atoms with Gasteiger partial charge >= 0.3 is 11.9 Å². The zero-order valence-corrected chi connectivity index (χ0v) is 24.8. The van der Waals surface area contributed by atoms with E-state index < -0.39 is 18.5 Å². The number of ether oxygens (including phenoxy) is 3. The lowest BCUT2D eigenvalue weighted by molar-refractivity contribution is -0.161. The van der Waals surface area contributed by atoms with Gasteiger partial charge in [0.05, 0.1) is 25.6 Å². The van der Waals surface area contributed by atoms with Crippen molar-refractivity contribution in [3.63, 3.8) is 0 Å². The Morgan fingerprint density at radius 3 is 2.49 bits per heavy atom. The Morgan fingerprint density at radius 2 is 1.78 bits per heavy atom. The molecule has 2 aromatic heterocycles. The largest absolute Gasteiger partial charge is 0.496 e. The first-order chi connectivity index (χ1) is 19.9. The number of rotatable bonds is 18. The molecule has 3 rings (SSSR count). The van der Waals surface area contributed by atoms with Gasteiger partial charge in [0.1, 0.15) is 18.0 Å². The number of esters is 2. The number of carbonyl (C=O) groups excluding carboxylic acids is 2. The van der Waals surface area contributed by atoms with Crippen molar-refractivity contribution in [2.75, 3.05) is 51.1 Å². The van der Waals surface area contributed by atoms with Crippen LogP contribution < -0.4 is 15.8 Å². The van der Waals surface area contributed by atoms with E-state index in [0.717, 1.165) is 68.3 Å². The summed E-state index contributed by atoms with van der Waals surface area (Å²) in [6, 6.07) is 7.50. The Kier molecular flexibility index (Phi) is 12.7. The molecule has 11 nitrogen and oxygen atoms in total. The van der Waals surface area contributed by atoms with Crippen LogP contribution >= 0.6 is 0 Å². The number of unbranched alkanes of at least 4 members (excludes halogenated alkanes) is 2. The number of nitrogens with one attached hydrogen (secondary N) is 1. The molecular formula is C30H44N6O5. The van der Waals surface area contributed by atoms with E-state index in [2.05, 4.69) is 45.5 Å². The molecule has 11 heteroatoms. The number of methoxy groups -OCH3 is 1. The fraction of sp³-hybridized carbons (Fsp3) is 0.533. The molecule has 3 aromatic rings. The molecule has 0 saturated heterocycles. The lowest BCUT2D eigenvalue weighted by Crippen LogP contribution is -2.30. The summed E-state index contributed by atoms with van der Waals surface area (Å²) in [7, 11) is 1.59. The molecule has 0 amide bonds. The summed E-state index contributed by atoms with van der Waals surface area (Å²) in [6.07, 6.45) is 7.20. The van der Waals surface area contributed by atoms with Gasteiger partial charge in [-0.1, -0.05) is 45.7 Å². The second kappa shape index (κ2) is 16.4. The summed E-state index contributed by atoms with van der Waals surface area (Å²) < 4.78 is 18.1. The third kappa shape index (κ3) is 9.63. The van der Waals surface area contributed by atoms with Crippen LogP contribution in [0.3, 0.4) is 0 Å². The van der Waals surface area contributed by atoms with Gasteiger partial charge < -0.3 is 29.8 Å². The molecule has 1 aromatic carbocycles. The summed E-state index contributed by atoms with van der Waals surface area (Å²) in [5.74, 6) is 0.490. The van der Waals surface area contributed by atoms with Crippen LogP contribution in [0.25, 0.3) is 11.0 Å². The van der Waals surface area contributed by atoms with Crippen molar-refractivity contribution in [1.29, 1.82) is 0 Å². The van der Waals surface area contributed by atoms with Gasteiger partial charge in [-0.2, -0.15) is 4.98 Å². The maximum Gasteiger partial charge on any atom is 0.345 e. The van der Waals surface area contributed by atoms with E-state index in [1.54, 1.807) is 7.11 Å². The molecule has 224 valence electrons. The van der Waals surface area contributed by atoms with E-state index in [1.165, 1.54) is 0 Å². The molecule has 0 atom stereocenters. The highest BCUT2D eigenvalue weighted by Crippen LogP contribution is 2.27. The van der Waals surface area contributed by atoms with E-state index >= 15 is 0 Å². The summed E-state index contributed by atoms with van der Waals surface area (Å²) >= 11 is 0. The third-order valence-corrected chi connectivity index (χ3v) is 6.58. The van der Waals surface area contributed by atoms with Crippen LogP contribution in [0.5, 0.6) is 5.75 Å². The first-order valence-electron chi connectivity index (χ1n) is 14.4. The quantitative estimate of drug-likeness (QED) is 0.129. The summed E-state index contributed by atoms with van der Waals surface area (Å²) in [5, 5.41) is 3.41. The maximum atomic E-state index is 12.4. The van der Waals surface area contributed by atoms with Crippen molar-refractivity contribution < 1.29 is 23.8 Å². The van der Waals surface area contributed by atoms with Crippen LogP contribution in [0.2, 0.25) is 0 Å². The van der Waals surface area contributed by atoms with E-state index in [0.29, 0.717) is 23.7 Å². The van der Waals surface area contributed by atoms with Gasteiger partial charge in [-0.15, -0.1) is 0 Å². The highest BCUT2D eigenvalue weighted by molar-refractivity contribution is 5.87. The number of anilines is 2. The van der Waals surface area contributed by atoms with E-state index in [4.69, 9.17) is 19.9 Å². The maximum absolute atomic E-state index is 12.4. The highest BCUT2D eigenvalue weighted by atomic mass is 16.6. The molecule has 3 N–H and O–H groups in total. The highest BCUT2D eigenvalue weighted by Gasteiger charge is 2.16. The number of nitrogen functional groups attached to an aromatic ring is 1. The van der Waals surface area contributed by atoms with Crippen LogP contribution in [0, 0.1) is 0 Å². The summed E-state index contributed by atoms with van der Waals surface area (Å²) in [5.41, 5.74) is 9.21. The average Bonchev–Trinajstić information content (AvgIpc) is 3.36. The third-order valence-electron chi connectivity index (χ3n) is 6.58. The normalized spacial score (nSPS) is 11.1. The monoisotopic (exact) mass is 568 g/mol. The zero-order valence-electron chi connectivity index (χ0n) is 24.8. The topological polar surface area (TPSA) is 134 Å². The van der Waals surface area contributed by atoms with E-state index in [-0.39, 0.29) is 19.1 Å². The Morgan fingerprint density at radius 1 is 1.00 bits per heavy atom. The summed E-state index contributed by atoms with van der Waals surface area (Å²) in [6.45, 7) is 9.10. The molecule has 41 heavy (non-hydrogen) atoms. The minimum Gasteiger partial charge on any atom is -0.496 e. The van der Waals surface area contributed by atoms with E-state index in [9.17, 15) is 9.59 Å². The molecule has 0 aliphatic carbocycles. The van der Waals surface area contributed by atoms with Gasteiger partial charge in [-0.25, -0.2) is 9.78 Å². The van der Waals surface area contributed by atoms with Gasteiger partial charge in [0, 0.05) is 31.4 Å². The van der Waals surface area contributed by atoms with Gasteiger partial charge in [-0.3, -0.25) is 9.69 Å². The van der Waals surface area contributed by atoms with Gasteiger partial charge in [0.15, 0.2) is 12.4 Å². The average molecular weight is 569 g/mol.